The van der Waals surface area contributed by atoms with Crippen molar-refractivity contribution in [2.45, 2.75) is 55.7 Å². The largest absolute Gasteiger partial charge is 0.573 e. The molecule has 2 atom stereocenters. The Kier molecular flexibility index (Phi) is 8.25. The van der Waals surface area contributed by atoms with Crippen molar-refractivity contribution in [3.8, 4) is 16.3 Å². The average molecular weight is 601 g/mol. The van der Waals surface area contributed by atoms with E-state index in [2.05, 4.69) is 14.6 Å². The fourth-order valence-corrected chi connectivity index (χ4v) is 8.15. The van der Waals surface area contributed by atoms with Gasteiger partial charge in [0.1, 0.15) is 10.8 Å². The van der Waals surface area contributed by atoms with Crippen LogP contribution in [0.25, 0.3) is 20.8 Å². The van der Waals surface area contributed by atoms with Crippen molar-refractivity contribution in [3.05, 3.63) is 42.5 Å². The first-order valence-electron chi connectivity index (χ1n) is 12.6. The maximum absolute atomic E-state index is 14.1. The second-order valence-corrected chi connectivity index (χ2v) is 14.2. The molecule has 0 spiro atoms. The van der Waals surface area contributed by atoms with Crippen molar-refractivity contribution < 1.29 is 41.0 Å². The molecule has 0 aliphatic carbocycles. The fourth-order valence-electron chi connectivity index (χ4n) is 5.13. The molecule has 1 aliphatic heterocycles. The molecule has 8 nitrogen and oxygen atoms in total. The molecule has 0 saturated carbocycles. The number of sulfone groups is 1. The average Bonchev–Trinajstić information content (AvgIpc) is 3.29. The van der Waals surface area contributed by atoms with Crippen molar-refractivity contribution >= 4 is 37.4 Å². The minimum Gasteiger partial charge on any atom is -0.480 e. The number of alkyl halides is 3. The minimum atomic E-state index is -4.81. The Morgan fingerprint density at radius 3 is 2.42 bits per heavy atom. The first-order chi connectivity index (χ1) is 18.6. The predicted molar refractivity (Wildman–Crippen MR) is 145 cm³/mol. The summed E-state index contributed by atoms with van der Waals surface area (Å²) in [7, 11) is -2.75. The van der Waals surface area contributed by atoms with Gasteiger partial charge in [-0.05, 0) is 60.7 Å². The lowest BCUT2D eigenvalue weighted by Crippen LogP contribution is -2.61. The lowest BCUT2D eigenvalue weighted by molar-refractivity contribution is -0.274. The van der Waals surface area contributed by atoms with Crippen molar-refractivity contribution in [1.29, 1.82) is 0 Å². The molecule has 218 valence electrons. The van der Waals surface area contributed by atoms with Gasteiger partial charge in [-0.15, -0.1) is 24.5 Å². The second kappa shape index (κ2) is 10.9. The second-order valence-electron chi connectivity index (χ2n) is 10.9. The molecule has 1 aromatic heterocycles. The van der Waals surface area contributed by atoms with E-state index < -0.39 is 26.9 Å². The van der Waals surface area contributed by atoms with Crippen LogP contribution in [0.1, 0.15) is 33.6 Å². The summed E-state index contributed by atoms with van der Waals surface area (Å²) >= 11 is 1.16. The molecular formula is C27H31F3N2O6S2. The molecule has 40 heavy (non-hydrogen) atoms. The van der Waals surface area contributed by atoms with Crippen LogP contribution in [0.3, 0.4) is 0 Å². The molecule has 2 unspecified atom stereocenters. The summed E-state index contributed by atoms with van der Waals surface area (Å²) in [5.41, 5.74) is 0.626. The van der Waals surface area contributed by atoms with Crippen LogP contribution >= 0.6 is 11.3 Å². The van der Waals surface area contributed by atoms with Gasteiger partial charge in [0, 0.05) is 31.8 Å². The number of hydrogen-bond acceptors (Lipinski definition) is 8. The number of likely N-dealkylation sites (tertiary alicyclic amines) is 1. The summed E-state index contributed by atoms with van der Waals surface area (Å²) in [6.45, 7) is 7.20. The summed E-state index contributed by atoms with van der Waals surface area (Å²) < 4.78 is 73.2. The van der Waals surface area contributed by atoms with Gasteiger partial charge < -0.3 is 14.6 Å². The van der Waals surface area contributed by atoms with Crippen molar-refractivity contribution in [1.82, 2.24) is 9.88 Å². The van der Waals surface area contributed by atoms with Gasteiger partial charge in [-0.25, -0.2) is 13.4 Å². The van der Waals surface area contributed by atoms with E-state index in [1.807, 2.05) is 20.8 Å². The number of carbonyl (C=O) groups is 1. The summed E-state index contributed by atoms with van der Waals surface area (Å²) in [5.74, 6) is -1.74. The molecule has 13 heteroatoms. The number of aliphatic carboxylic acids is 1. The van der Waals surface area contributed by atoms with Crippen LogP contribution in [0.2, 0.25) is 0 Å². The molecule has 0 bridgehead atoms. The monoisotopic (exact) mass is 600 g/mol. The Morgan fingerprint density at radius 2 is 1.85 bits per heavy atom. The summed E-state index contributed by atoms with van der Waals surface area (Å²) in [5, 5.41) is 10.8. The Bertz CT molecular complexity index is 1480. The van der Waals surface area contributed by atoms with E-state index in [4.69, 9.17) is 4.74 Å². The predicted octanol–water partition coefficient (Wildman–Crippen LogP) is 5.62. The molecule has 0 radical (unpaired) electrons. The number of benzene rings is 2. The highest BCUT2D eigenvalue weighted by Crippen LogP contribution is 2.44. The maximum atomic E-state index is 14.1. The number of rotatable bonds is 8. The molecular weight excluding hydrogens is 569 g/mol. The molecule has 2 heterocycles. The van der Waals surface area contributed by atoms with Gasteiger partial charge in [-0.2, -0.15) is 0 Å². The minimum absolute atomic E-state index is 0.0702. The van der Waals surface area contributed by atoms with Crippen LogP contribution in [-0.4, -0.2) is 73.3 Å². The van der Waals surface area contributed by atoms with Crippen LogP contribution in [0.5, 0.6) is 5.75 Å². The van der Waals surface area contributed by atoms with Gasteiger partial charge >= 0.3 is 12.3 Å². The molecule has 1 N–H and O–H groups in total. The Hall–Kier alpha value is -2.74. The van der Waals surface area contributed by atoms with Crippen LogP contribution in [0.4, 0.5) is 13.2 Å². The van der Waals surface area contributed by atoms with Crippen molar-refractivity contribution in [2.75, 3.05) is 26.8 Å². The number of carboxylic acid groups (broad SMARTS) is 1. The third kappa shape index (κ3) is 5.97. The van der Waals surface area contributed by atoms with E-state index in [0.29, 0.717) is 33.9 Å². The standard InChI is InChI=1S/C27H31F3N2O6S2/c1-25(2,3)22-16-26(24(33)34,11-12-32(22)13-14-37-4)40(35,36)19-9-10-20-21(15-19)39-23(31-20)17-5-7-18(8-6-17)38-27(28,29)30/h5-10,15,22H,11-14,16H2,1-4H3,(H,33,34). The van der Waals surface area contributed by atoms with E-state index in [-0.39, 0.29) is 41.5 Å². The molecule has 1 fully saturated rings. The molecule has 0 amide bonds. The van der Waals surface area contributed by atoms with E-state index >= 15 is 0 Å². The normalized spacial score (nSPS) is 21.0. The zero-order valence-corrected chi connectivity index (χ0v) is 24.1. The van der Waals surface area contributed by atoms with Gasteiger partial charge in [-0.1, -0.05) is 20.8 Å². The zero-order valence-electron chi connectivity index (χ0n) is 22.5. The maximum Gasteiger partial charge on any atom is 0.573 e. The van der Waals surface area contributed by atoms with Crippen LogP contribution in [0, 0.1) is 5.41 Å². The van der Waals surface area contributed by atoms with Crippen LogP contribution < -0.4 is 4.74 Å². The SMILES string of the molecule is COCCN1CCC(C(=O)O)(S(=O)(=O)c2ccc3nc(-c4ccc(OC(F)(F)F)cc4)sc3c2)CC1C(C)(C)C. The van der Waals surface area contributed by atoms with E-state index in [1.54, 1.807) is 7.11 Å². The fraction of sp³-hybridized carbons (Fsp3) is 0.481. The van der Waals surface area contributed by atoms with E-state index in [9.17, 15) is 31.5 Å². The third-order valence-electron chi connectivity index (χ3n) is 7.26. The van der Waals surface area contributed by atoms with E-state index in [0.717, 1.165) is 11.3 Å². The lowest BCUT2D eigenvalue weighted by Gasteiger charge is -2.49. The highest BCUT2D eigenvalue weighted by molar-refractivity contribution is 7.93. The smallest absolute Gasteiger partial charge is 0.480 e. The first kappa shape index (κ1) is 30.2. The van der Waals surface area contributed by atoms with Crippen molar-refractivity contribution in [2.24, 2.45) is 5.41 Å². The zero-order chi connectivity index (χ0) is 29.5. The van der Waals surface area contributed by atoms with Gasteiger partial charge in [0.2, 0.25) is 0 Å². The lowest BCUT2D eigenvalue weighted by atomic mass is 9.76. The molecule has 1 saturated heterocycles. The van der Waals surface area contributed by atoms with Gasteiger partial charge in [0.05, 0.1) is 21.7 Å². The summed E-state index contributed by atoms with van der Waals surface area (Å²) in [4.78, 5) is 19.2. The Balaban J connectivity index is 1.68. The van der Waals surface area contributed by atoms with Crippen LogP contribution in [0.15, 0.2) is 47.4 Å². The highest BCUT2D eigenvalue weighted by Gasteiger charge is 2.57. The van der Waals surface area contributed by atoms with Crippen molar-refractivity contribution in [3.63, 3.8) is 0 Å². The molecule has 2 aromatic carbocycles. The number of ether oxygens (including phenoxy) is 2. The quantitative estimate of drug-likeness (QED) is 0.356. The van der Waals surface area contributed by atoms with Gasteiger partial charge in [-0.3, -0.25) is 9.69 Å². The van der Waals surface area contributed by atoms with Gasteiger partial charge in [0.25, 0.3) is 0 Å². The van der Waals surface area contributed by atoms with E-state index in [1.165, 1.54) is 42.5 Å². The Morgan fingerprint density at radius 1 is 1.18 bits per heavy atom. The third-order valence-corrected chi connectivity index (χ3v) is 10.8. The highest BCUT2D eigenvalue weighted by atomic mass is 32.2. The number of nitrogens with zero attached hydrogens (tertiary/aromatic N) is 2. The summed E-state index contributed by atoms with van der Waals surface area (Å²) in [6.07, 6.45) is -4.95. The number of halogens is 3. The number of piperidine rings is 1. The number of aromatic nitrogens is 1. The number of carboxylic acids is 1. The number of hydrogen-bond donors (Lipinski definition) is 1. The number of fused-ring (bicyclic) bond motifs is 1. The number of methoxy groups -OCH3 is 1. The molecule has 1 aliphatic rings. The molecule has 3 aromatic rings. The Labute approximate surface area is 234 Å². The topological polar surface area (TPSA) is 106 Å². The first-order valence-corrected chi connectivity index (χ1v) is 14.9. The number of thiazole rings is 1. The molecule has 4 rings (SSSR count). The van der Waals surface area contributed by atoms with Gasteiger partial charge in [0.15, 0.2) is 14.6 Å². The van der Waals surface area contributed by atoms with Crippen LogP contribution in [-0.2, 0) is 19.4 Å². The summed E-state index contributed by atoms with van der Waals surface area (Å²) in [6, 6.07) is 9.22.